The molecule has 1 aromatic heterocycles. The van der Waals surface area contributed by atoms with Crippen LogP contribution in [0.5, 0.6) is 0 Å². The highest BCUT2D eigenvalue weighted by atomic mass is 16.5. The van der Waals surface area contributed by atoms with E-state index in [4.69, 9.17) is 4.74 Å². The summed E-state index contributed by atoms with van der Waals surface area (Å²) in [6.07, 6.45) is 0.611. The number of β-amino-alcohol motifs (C(OH)–C–C–N with tert-alkyl or cyclic N) is 1. The van der Waals surface area contributed by atoms with E-state index in [0.29, 0.717) is 31.8 Å². The predicted octanol–water partition coefficient (Wildman–Crippen LogP) is -0.0568. The Kier molecular flexibility index (Phi) is 4.63. The quantitative estimate of drug-likeness (QED) is 0.830. The smallest absolute Gasteiger partial charge is 0.254 e. The van der Waals surface area contributed by atoms with Gasteiger partial charge in [-0.15, -0.1) is 5.10 Å². The van der Waals surface area contributed by atoms with Gasteiger partial charge in [0.1, 0.15) is 12.4 Å². The number of likely N-dealkylation sites (tertiary alicyclic amines) is 1. The van der Waals surface area contributed by atoms with E-state index in [2.05, 4.69) is 15.5 Å². The van der Waals surface area contributed by atoms with E-state index in [-0.39, 0.29) is 12.0 Å². The van der Waals surface area contributed by atoms with Crippen molar-refractivity contribution in [2.75, 3.05) is 19.7 Å². The van der Waals surface area contributed by atoms with E-state index in [1.807, 2.05) is 19.1 Å². The molecule has 23 heavy (non-hydrogen) atoms. The van der Waals surface area contributed by atoms with Crippen molar-refractivity contribution >= 4 is 5.91 Å². The topological polar surface area (TPSA) is 93.4 Å². The molecule has 8 nitrogen and oxygen atoms in total. The number of carbonyl (C=O) groups is 1. The molecule has 1 amide bonds. The Bertz CT molecular complexity index is 644. The lowest BCUT2D eigenvalue weighted by atomic mass is 10.1. The van der Waals surface area contributed by atoms with Crippen LogP contribution >= 0.6 is 0 Å². The van der Waals surface area contributed by atoms with Crippen molar-refractivity contribution in [3.05, 3.63) is 41.7 Å². The third-order valence-corrected chi connectivity index (χ3v) is 3.84. The maximum atomic E-state index is 12.5. The van der Waals surface area contributed by atoms with Crippen LogP contribution in [-0.4, -0.2) is 68.0 Å². The number of ether oxygens (including phenoxy) is 1. The highest BCUT2D eigenvalue weighted by Gasteiger charge is 2.34. The summed E-state index contributed by atoms with van der Waals surface area (Å²) in [4.78, 5) is 14.1. The van der Waals surface area contributed by atoms with Crippen molar-refractivity contribution in [3.63, 3.8) is 0 Å². The summed E-state index contributed by atoms with van der Waals surface area (Å²) in [6.45, 7) is 3.67. The van der Waals surface area contributed by atoms with Gasteiger partial charge in [0.2, 0.25) is 0 Å². The first-order valence-electron chi connectivity index (χ1n) is 7.56. The van der Waals surface area contributed by atoms with Crippen LogP contribution in [0.3, 0.4) is 0 Å². The van der Waals surface area contributed by atoms with Gasteiger partial charge in [0, 0.05) is 25.3 Å². The van der Waals surface area contributed by atoms with E-state index in [1.165, 1.54) is 0 Å². The van der Waals surface area contributed by atoms with Gasteiger partial charge in [0.15, 0.2) is 0 Å². The van der Waals surface area contributed by atoms with Crippen molar-refractivity contribution in [1.82, 2.24) is 25.1 Å². The third kappa shape index (κ3) is 3.54. The maximum absolute atomic E-state index is 12.5. The van der Waals surface area contributed by atoms with E-state index < -0.39 is 6.10 Å². The summed E-state index contributed by atoms with van der Waals surface area (Å²) in [7, 11) is 0. The Labute approximate surface area is 133 Å². The molecule has 1 fully saturated rings. The zero-order valence-electron chi connectivity index (χ0n) is 12.9. The minimum absolute atomic E-state index is 0.0970. The van der Waals surface area contributed by atoms with Crippen LogP contribution in [0.1, 0.15) is 22.8 Å². The molecule has 0 spiro atoms. The number of aromatic nitrogens is 4. The zero-order valence-corrected chi connectivity index (χ0v) is 12.9. The number of rotatable bonds is 5. The Morgan fingerprint density at radius 1 is 1.35 bits per heavy atom. The lowest BCUT2D eigenvalue weighted by Gasteiger charge is -2.16. The fraction of sp³-hybridized carbons (Fsp3) is 0.467. The van der Waals surface area contributed by atoms with Crippen molar-refractivity contribution in [1.29, 1.82) is 0 Å². The van der Waals surface area contributed by atoms with E-state index in [0.717, 1.165) is 5.56 Å². The maximum Gasteiger partial charge on any atom is 0.254 e. The van der Waals surface area contributed by atoms with Crippen molar-refractivity contribution in [2.24, 2.45) is 0 Å². The largest absolute Gasteiger partial charge is 0.388 e. The first-order chi connectivity index (χ1) is 11.2. The highest BCUT2D eigenvalue weighted by Crippen LogP contribution is 2.17. The summed E-state index contributed by atoms with van der Waals surface area (Å²) < 4.78 is 7.06. The number of hydrogen-bond acceptors (Lipinski definition) is 6. The summed E-state index contributed by atoms with van der Waals surface area (Å²) in [5.41, 5.74) is 1.59. The molecule has 1 saturated heterocycles. The number of tetrazole rings is 1. The number of benzene rings is 1. The Morgan fingerprint density at radius 2 is 2.13 bits per heavy atom. The highest BCUT2D eigenvalue weighted by molar-refractivity contribution is 5.94. The van der Waals surface area contributed by atoms with Gasteiger partial charge < -0.3 is 14.7 Å². The minimum Gasteiger partial charge on any atom is -0.388 e. The fourth-order valence-electron chi connectivity index (χ4n) is 2.68. The molecule has 8 heteroatoms. The lowest BCUT2D eigenvalue weighted by molar-refractivity contribution is -0.00237. The van der Waals surface area contributed by atoms with E-state index >= 15 is 0 Å². The molecule has 0 aliphatic carbocycles. The summed E-state index contributed by atoms with van der Waals surface area (Å²) >= 11 is 0. The molecule has 2 heterocycles. The van der Waals surface area contributed by atoms with Crippen molar-refractivity contribution in [2.45, 2.75) is 25.7 Å². The molecule has 1 N–H and O–H groups in total. The molecular formula is C15H19N5O3. The van der Waals surface area contributed by atoms with Gasteiger partial charge in [0.25, 0.3) is 5.91 Å². The second-order valence-electron chi connectivity index (χ2n) is 5.48. The first-order valence-corrected chi connectivity index (χ1v) is 7.56. The Balaban J connectivity index is 1.64. The molecule has 1 aliphatic heterocycles. The molecule has 2 atom stereocenters. The number of nitrogens with zero attached hydrogens (tertiary/aromatic N) is 5. The number of amides is 1. The van der Waals surface area contributed by atoms with Gasteiger partial charge in [-0.1, -0.05) is 12.1 Å². The molecule has 0 saturated carbocycles. The molecule has 0 radical (unpaired) electrons. The SMILES string of the molecule is CCO[C@H]1CN(C(=O)c2ccc(Cn3cnnn3)cc2)C[C@@H]1O. The Hall–Kier alpha value is -2.32. The van der Waals surface area contributed by atoms with Gasteiger partial charge in [-0.25, -0.2) is 4.68 Å². The van der Waals surface area contributed by atoms with Crippen LogP contribution in [0.25, 0.3) is 0 Å². The molecule has 1 aliphatic rings. The normalized spacial score (nSPS) is 20.9. The molecule has 0 bridgehead atoms. The molecular weight excluding hydrogens is 298 g/mol. The van der Waals surface area contributed by atoms with Gasteiger partial charge in [-0.05, 0) is 35.0 Å². The van der Waals surface area contributed by atoms with Gasteiger partial charge >= 0.3 is 0 Å². The predicted molar refractivity (Wildman–Crippen MR) is 80.7 cm³/mol. The van der Waals surface area contributed by atoms with Crippen LogP contribution in [0.4, 0.5) is 0 Å². The van der Waals surface area contributed by atoms with E-state index in [1.54, 1.807) is 28.0 Å². The van der Waals surface area contributed by atoms with Crippen molar-refractivity contribution < 1.29 is 14.6 Å². The van der Waals surface area contributed by atoms with Crippen LogP contribution < -0.4 is 0 Å². The monoisotopic (exact) mass is 317 g/mol. The van der Waals surface area contributed by atoms with Crippen LogP contribution in [0.15, 0.2) is 30.6 Å². The number of aliphatic hydroxyl groups is 1. The minimum atomic E-state index is -0.627. The van der Waals surface area contributed by atoms with Crippen LogP contribution in [0.2, 0.25) is 0 Å². The zero-order chi connectivity index (χ0) is 16.2. The standard InChI is InChI=1S/C15H19N5O3/c1-2-23-14-9-19(8-13(14)21)15(22)12-5-3-11(4-6-12)7-20-10-16-17-18-20/h3-6,10,13-14,21H,2,7-9H2,1H3/t13-,14-/m0/s1. The molecule has 2 aromatic rings. The summed E-state index contributed by atoms with van der Waals surface area (Å²) in [5, 5.41) is 20.9. The lowest BCUT2D eigenvalue weighted by Crippen LogP contribution is -2.30. The summed E-state index contributed by atoms with van der Waals surface area (Å²) in [6, 6.07) is 7.31. The first kappa shape index (κ1) is 15.6. The third-order valence-electron chi connectivity index (χ3n) is 3.84. The van der Waals surface area contributed by atoms with E-state index in [9.17, 15) is 9.90 Å². The summed E-state index contributed by atoms with van der Waals surface area (Å²) in [5.74, 6) is -0.0970. The van der Waals surface area contributed by atoms with Crippen LogP contribution in [0, 0.1) is 0 Å². The average molecular weight is 317 g/mol. The number of carbonyl (C=O) groups excluding carboxylic acids is 1. The van der Waals surface area contributed by atoms with Crippen LogP contribution in [-0.2, 0) is 11.3 Å². The van der Waals surface area contributed by atoms with Gasteiger partial charge in [-0.3, -0.25) is 4.79 Å². The van der Waals surface area contributed by atoms with Gasteiger partial charge in [0.05, 0.1) is 12.6 Å². The van der Waals surface area contributed by atoms with Gasteiger partial charge in [-0.2, -0.15) is 0 Å². The molecule has 122 valence electrons. The second kappa shape index (κ2) is 6.84. The molecule has 1 aromatic carbocycles. The molecule has 3 rings (SSSR count). The average Bonchev–Trinajstić information content (AvgIpc) is 3.18. The molecule has 0 unspecified atom stereocenters. The van der Waals surface area contributed by atoms with Crippen molar-refractivity contribution in [3.8, 4) is 0 Å². The Morgan fingerprint density at radius 3 is 2.78 bits per heavy atom. The number of hydrogen-bond donors (Lipinski definition) is 1. The fourth-order valence-corrected chi connectivity index (χ4v) is 2.68. The second-order valence-corrected chi connectivity index (χ2v) is 5.48. The number of aliphatic hydroxyl groups excluding tert-OH is 1.